The van der Waals surface area contributed by atoms with Crippen LogP contribution in [0, 0.1) is 11.3 Å². The van der Waals surface area contributed by atoms with Crippen LogP contribution in [-0.4, -0.2) is 5.97 Å². The summed E-state index contributed by atoms with van der Waals surface area (Å²) in [6.45, 7) is 8.46. The monoisotopic (exact) mass is 452 g/mol. The number of carbonyl (C=O) groups excluding carboxylic acids is 1. The molecule has 1 atom stereocenters. The number of allylic oxidation sites excluding steroid dienone is 1. The maximum Gasteiger partial charge on any atom is 0.343 e. The third-order valence-corrected chi connectivity index (χ3v) is 6.11. The van der Waals surface area contributed by atoms with E-state index in [-0.39, 0.29) is 17.2 Å². The van der Waals surface area contributed by atoms with Crippen molar-refractivity contribution in [2.24, 2.45) is 5.73 Å². The molecule has 34 heavy (non-hydrogen) atoms. The van der Waals surface area contributed by atoms with Gasteiger partial charge in [0.15, 0.2) is 0 Å². The van der Waals surface area contributed by atoms with Crippen molar-refractivity contribution in [3.8, 4) is 17.6 Å². The highest BCUT2D eigenvalue weighted by Crippen LogP contribution is 2.43. The molecule has 0 aliphatic carbocycles. The number of benzene rings is 3. The van der Waals surface area contributed by atoms with E-state index in [9.17, 15) is 10.1 Å². The Morgan fingerprint density at radius 3 is 2.32 bits per heavy atom. The van der Waals surface area contributed by atoms with E-state index in [0.717, 1.165) is 23.1 Å². The Hall–Kier alpha value is -4.04. The van der Waals surface area contributed by atoms with Gasteiger partial charge in [-0.05, 0) is 46.7 Å². The van der Waals surface area contributed by atoms with Crippen LogP contribution in [0.4, 0.5) is 0 Å². The van der Waals surface area contributed by atoms with Gasteiger partial charge >= 0.3 is 5.97 Å². The molecule has 2 N–H and O–H groups in total. The number of nitrogens with two attached hydrogens (primary N) is 1. The number of hydrogen-bond acceptors (Lipinski definition) is 5. The molecule has 0 saturated heterocycles. The summed E-state index contributed by atoms with van der Waals surface area (Å²) >= 11 is 0. The summed E-state index contributed by atoms with van der Waals surface area (Å²) in [5.74, 6) is 0.0608. The van der Waals surface area contributed by atoms with Crippen LogP contribution in [0.5, 0.6) is 11.5 Å². The molecule has 5 nitrogen and oxygen atoms in total. The second-order valence-corrected chi connectivity index (χ2v) is 9.44. The van der Waals surface area contributed by atoms with Gasteiger partial charge in [0.25, 0.3) is 0 Å². The number of fused-ring (bicyclic) bond motifs is 1. The number of nitriles is 1. The largest absolute Gasteiger partial charge is 0.440 e. The highest BCUT2D eigenvalue weighted by Gasteiger charge is 2.31. The van der Waals surface area contributed by atoms with E-state index in [0.29, 0.717) is 22.6 Å². The smallest absolute Gasteiger partial charge is 0.343 e. The minimum atomic E-state index is -0.454. The van der Waals surface area contributed by atoms with E-state index in [4.69, 9.17) is 15.2 Å². The van der Waals surface area contributed by atoms with Gasteiger partial charge in [0, 0.05) is 11.6 Å². The Morgan fingerprint density at radius 2 is 1.74 bits per heavy atom. The summed E-state index contributed by atoms with van der Waals surface area (Å²) in [7, 11) is 0. The number of ether oxygens (including phenoxy) is 2. The van der Waals surface area contributed by atoms with Crippen molar-refractivity contribution in [3.05, 3.63) is 106 Å². The Balaban J connectivity index is 1.62. The Labute approximate surface area is 200 Å². The average Bonchev–Trinajstić information content (AvgIpc) is 2.82. The highest BCUT2D eigenvalue weighted by atomic mass is 16.5. The molecule has 5 heteroatoms. The van der Waals surface area contributed by atoms with Crippen LogP contribution in [0.2, 0.25) is 0 Å². The lowest BCUT2D eigenvalue weighted by atomic mass is 9.83. The first kappa shape index (κ1) is 23.1. The molecule has 0 spiro atoms. The highest BCUT2D eigenvalue weighted by molar-refractivity contribution is 5.91. The molecular formula is C29H28N2O3. The van der Waals surface area contributed by atoms with Crippen LogP contribution in [0.1, 0.15) is 66.2 Å². The fourth-order valence-corrected chi connectivity index (χ4v) is 4.06. The molecule has 0 bridgehead atoms. The van der Waals surface area contributed by atoms with Gasteiger partial charge in [0.1, 0.15) is 23.1 Å². The minimum Gasteiger partial charge on any atom is -0.440 e. The van der Waals surface area contributed by atoms with Crippen LogP contribution in [0.15, 0.2) is 78.2 Å². The van der Waals surface area contributed by atoms with Crippen LogP contribution >= 0.6 is 0 Å². The van der Waals surface area contributed by atoms with E-state index < -0.39 is 5.97 Å². The van der Waals surface area contributed by atoms with E-state index in [1.807, 2.05) is 30.3 Å². The minimum absolute atomic E-state index is 0.00139. The van der Waals surface area contributed by atoms with Gasteiger partial charge in [-0.2, -0.15) is 5.26 Å². The first-order chi connectivity index (χ1) is 16.2. The van der Waals surface area contributed by atoms with Gasteiger partial charge in [-0.3, -0.25) is 0 Å². The van der Waals surface area contributed by atoms with Crippen LogP contribution in [-0.2, 0) is 11.8 Å². The van der Waals surface area contributed by atoms with Crippen molar-refractivity contribution in [2.45, 2.75) is 45.4 Å². The fourth-order valence-electron chi connectivity index (χ4n) is 4.06. The lowest BCUT2D eigenvalue weighted by Crippen LogP contribution is -2.21. The van der Waals surface area contributed by atoms with Gasteiger partial charge in [0.05, 0.1) is 11.5 Å². The summed E-state index contributed by atoms with van der Waals surface area (Å²) in [5, 5.41) is 9.75. The number of nitrogens with zero attached hydrogens (tertiary/aromatic N) is 1. The quantitative estimate of drug-likeness (QED) is 0.388. The number of esters is 1. The lowest BCUT2D eigenvalue weighted by Gasteiger charge is -2.27. The summed E-state index contributed by atoms with van der Waals surface area (Å²) in [4.78, 5) is 12.7. The number of rotatable bonds is 4. The van der Waals surface area contributed by atoms with Crippen molar-refractivity contribution in [1.82, 2.24) is 0 Å². The molecule has 1 aliphatic heterocycles. The third-order valence-electron chi connectivity index (χ3n) is 6.11. The molecule has 172 valence electrons. The zero-order chi connectivity index (χ0) is 24.5. The van der Waals surface area contributed by atoms with E-state index in [2.05, 4.69) is 45.9 Å². The normalized spacial score (nSPS) is 15.2. The van der Waals surface area contributed by atoms with Gasteiger partial charge in [-0.15, -0.1) is 0 Å². The molecule has 4 rings (SSSR count). The molecule has 1 heterocycles. The van der Waals surface area contributed by atoms with Crippen molar-refractivity contribution in [2.75, 3.05) is 0 Å². The van der Waals surface area contributed by atoms with Gasteiger partial charge in [-0.1, -0.05) is 70.2 Å². The van der Waals surface area contributed by atoms with Crippen LogP contribution < -0.4 is 15.2 Å². The zero-order valence-electron chi connectivity index (χ0n) is 19.9. The summed E-state index contributed by atoms with van der Waals surface area (Å²) in [6.07, 6.45) is 0.932. The summed E-state index contributed by atoms with van der Waals surface area (Å²) in [6, 6.07) is 22.9. The van der Waals surface area contributed by atoms with Crippen LogP contribution in [0.3, 0.4) is 0 Å². The van der Waals surface area contributed by atoms with Crippen LogP contribution in [0.25, 0.3) is 0 Å². The number of aryl methyl sites for hydroxylation is 1. The molecule has 0 radical (unpaired) electrons. The molecule has 3 aromatic rings. The predicted molar refractivity (Wildman–Crippen MR) is 132 cm³/mol. The van der Waals surface area contributed by atoms with Crippen molar-refractivity contribution >= 4 is 5.97 Å². The number of hydrogen-bond donors (Lipinski definition) is 1. The lowest BCUT2D eigenvalue weighted by molar-refractivity contribution is 0.0734. The van der Waals surface area contributed by atoms with Gasteiger partial charge in [0.2, 0.25) is 5.88 Å². The second kappa shape index (κ2) is 9.07. The molecular weight excluding hydrogens is 424 g/mol. The first-order valence-corrected chi connectivity index (χ1v) is 11.3. The SMILES string of the molecule is CCc1ccc(C2C(C#N)=C(N)Oc3cc(OC(=O)c4ccc(C(C)(C)C)cc4)ccc32)cc1. The molecule has 0 saturated carbocycles. The van der Waals surface area contributed by atoms with Gasteiger partial charge in [-0.25, -0.2) is 4.79 Å². The fraction of sp³-hybridized carbons (Fsp3) is 0.241. The van der Waals surface area contributed by atoms with E-state index in [1.165, 1.54) is 5.56 Å². The number of carbonyl (C=O) groups is 1. The molecule has 0 amide bonds. The molecule has 3 aromatic carbocycles. The molecule has 1 aliphatic rings. The van der Waals surface area contributed by atoms with Crippen molar-refractivity contribution in [3.63, 3.8) is 0 Å². The predicted octanol–water partition coefficient (Wildman–Crippen LogP) is 5.98. The first-order valence-electron chi connectivity index (χ1n) is 11.3. The molecule has 0 aromatic heterocycles. The average molecular weight is 453 g/mol. The molecule has 0 fully saturated rings. The third kappa shape index (κ3) is 4.53. The van der Waals surface area contributed by atoms with Gasteiger partial charge < -0.3 is 15.2 Å². The topological polar surface area (TPSA) is 85.3 Å². The van der Waals surface area contributed by atoms with E-state index >= 15 is 0 Å². The Morgan fingerprint density at radius 1 is 1.06 bits per heavy atom. The maximum atomic E-state index is 12.7. The Kier molecular flexibility index (Phi) is 6.17. The van der Waals surface area contributed by atoms with E-state index in [1.54, 1.807) is 24.3 Å². The zero-order valence-corrected chi connectivity index (χ0v) is 19.9. The van der Waals surface area contributed by atoms with Crippen molar-refractivity contribution in [1.29, 1.82) is 5.26 Å². The summed E-state index contributed by atoms with van der Waals surface area (Å²) in [5.41, 5.74) is 11.0. The maximum absolute atomic E-state index is 12.7. The molecule has 1 unspecified atom stereocenters. The standard InChI is InChI=1S/C29H28N2O3/c1-5-18-6-8-19(9-7-18)26-23-15-14-22(16-25(23)34-27(31)24(26)17-30)33-28(32)20-10-12-21(13-11-20)29(2,3)4/h6-16,26H,5,31H2,1-4H3. The second-order valence-electron chi connectivity index (χ2n) is 9.44. The Bertz CT molecular complexity index is 1290. The summed E-state index contributed by atoms with van der Waals surface area (Å²) < 4.78 is 11.4. The van der Waals surface area contributed by atoms with Crippen molar-refractivity contribution < 1.29 is 14.3 Å².